The first-order chi connectivity index (χ1) is 10.3. The lowest BCUT2D eigenvalue weighted by atomic mass is 10.2. The summed E-state index contributed by atoms with van der Waals surface area (Å²) < 4.78 is 11.7. The minimum atomic E-state index is 0.349. The van der Waals surface area contributed by atoms with E-state index in [-0.39, 0.29) is 0 Å². The molecule has 0 saturated carbocycles. The molecule has 0 bridgehead atoms. The summed E-state index contributed by atoms with van der Waals surface area (Å²) in [6.45, 7) is 0. The minimum absolute atomic E-state index is 0.349. The number of hydrazone groups is 1. The number of nitrogens with zero attached hydrogens (tertiary/aromatic N) is 2. The van der Waals surface area contributed by atoms with Crippen LogP contribution in [0.4, 0.5) is 6.01 Å². The molecule has 1 aromatic heterocycles. The fraction of sp³-hybridized carbons (Fsp3) is 0.0667. The zero-order valence-corrected chi connectivity index (χ0v) is 12.8. The number of oxazole rings is 1. The molecule has 0 amide bonds. The van der Waals surface area contributed by atoms with Crippen molar-refractivity contribution in [3.05, 3.63) is 52.5 Å². The molecule has 1 heterocycles. The molecule has 0 unspecified atom stereocenters. The van der Waals surface area contributed by atoms with Gasteiger partial charge >= 0.3 is 6.01 Å². The first-order valence-electron chi connectivity index (χ1n) is 6.24. The average molecular weight is 346 g/mol. The summed E-state index contributed by atoms with van der Waals surface area (Å²) in [5.41, 5.74) is 5.12. The van der Waals surface area contributed by atoms with E-state index >= 15 is 0 Å². The normalized spacial score (nSPS) is 11.1. The van der Waals surface area contributed by atoms with Gasteiger partial charge in [0.15, 0.2) is 5.58 Å². The Morgan fingerprint density at radius 3 is 2.95 bits per heavy atom. The summed E-state index contributed by atoms with van der Waals surface area (Å²) >= 11 is 3.42. The van der Waals surface area contributed by atoms with Gasteiger partial charge in [0.1, 0.15) is 11.3 Å². The summed E-state index contributed by atoms with van der Waals surface area (Å²) in [5.74, 6) is 0.737. The average Bonchev–Trinajstić information content (AvgIpc) is 2.90. The number of benzene rings is 2. The fourth-order valence-corrected chi connectivity index (χ4v) is 2.26. The Bertz CT molecular complexity index is 765. The van der Waals surface area contributed by atoms with E-state index in [0.29, 0.717) is 6.01 Å². The summed E-state index contributed by atoms with van der Waals surface area (Å²) in [5, 5.41) is 4.12. The van der Waals surface area contributed by atoms with Crippen LogP contribution in [0.25, 0.3) is 11.1 Å². The highest BCUT2D eigenvalue weighted by molar-refractivity contribution is 9.10. The van der Waals surface area contributed by atoms with Crippen LogP contribution in [0.3, 0.4) is 0 Å². The number of hydrogen-bond donors (Lipinski definition) is 1. The van der Waals surface area contributed by atoms with Gasteiger partial charge in [-0.1, -0.05) is 28.1 Å². The second-order valence-electron chi connectivity index (χ2n) is 4.24. The van der Waals surface area contributed by atoms with Crippen molar-refractivity contribution >= 4 is 39.3 Å². The van der Waals surface area contributed by atoms with Crippen molar-refractivity contribution in [2.24, 2.45) is 5.10 Å². The zero-order chi connectivity index (χ0) is 14.7. The molecule has 5 nitrogen and oxygen atoms in total. The fourth-order valence-electron chi connectivity index (χ4n) is 1.88. The molecule has 3 aromatic rings. The maximum atomic E-state index is 5.51. The molecule has 106 valence electrons. The summed E-state index contributed by atoms with van der Waals surface area (Å²) in [7, 11) is 1.62. The lowest BCUT2D eigenvalue weighted by Gasteiger charge is -2.04. The van der Waals surface area contributed by atoms with Crippen molar-refractivity contribution in [2.75, 3.05) is 12.5 Å². The highest BCUT2D eigenvalue weighted by Crippen LogP contribution is 2.22. The predicted octanol–water partition coefficient (Wildman–Crippen LogP) is 4.04. The minimum Gasteiger partial charge on any atom is -0.496 e. The molecule has 0 radical (unpaired) electrons. The van der Waals surface area contributed by atoms with Crippen LogP contribution in [0.2, 0.25) is 0 Å². The Balaban J connectivity index is 1.79. The van der Waals surface area contributed by atoms with Gasteiger partial charge in [0, 0.05) is 10.0 Å². The Morgan fingerprint density at radius 1 is 1.29 bits per heavy atom. The van der Waals surface area contributed by atoms with Gasteiger partial charge in [-0.2, -0.15) is 10.1 Å². The van der Waals surface area contributed by atoms with Crippen molar-refractivity contribution in [2.45, 2.75) is 0 Å². The zero-order valence-electron chi connectivity index (χ0n) is 11.2. The number of methoxy groups -OCH3 is 1. The molecule has 0 atom stereocenters. The van der Waals surface area contributed by atoms with Crippen molar-refractivity contribution in [1.29, 1.82) is 0 Å². The number of hydrogen-bond acceptors (Lipinski definition) is 5. The molecule has 0 aliphatic rings. The third-order valence-corrected chi connectivity index (χ3v) is 3.34. The van der Waals surface area contributed by atoms with Crippen LogP contribution in [-0.4, -0.2) is 18.3 Å². The third-order valence-electron chi connectivity index (χ3n) is 2.85. The number of fused-ring (bicyclic) bond motifs is 1. The second-order valence-corrected chi connectivity index (χ2v) is 5.16. The maximum Gasteiger partial charge on any atom is 0.316 e. The largest absolute Gasteiger partial charge is 0.496 e. The lowest BCUT2D eigenvalue weighted by Crippen LogP contribution is -1.94. The van der Waals surface area contributed by atoms with Gasteiger partial charge in [0.2, 0.25) is 0 Å². The van der Waals surface area contributed by atoms with Crippen LogP contribution in [0.5, 0.6) is 5.75 Å². The number of ether oxygens (including phenoxy) is 1. The molecule has 21 heavy (non-hydrogen) atoms. The Kier molecular flexibility index (Phi) is 3.87. The van der Waals surface area contributed by atoms with E-state index in [9.17, 15) is 0 Å². The lowest BCUT2D eigenvalue weighted by molar-refractivity contribution is 0.414. The van der Waals surface area contributed by atoms with E-state index in [1.807, 2.05) is 42.5 Å². The Morgan fingerprint density at radius 2 is 2.14 bits per heavy atom. The Labute approximate surface area is 129 Å². The Hall–Kier alpha value is -2.34. The molecule has 0 aliphatic heterocycles. The van der Waals surface area contributed by atoms with Crippen molar-refractivity contribution in [3.8, 4) is 5.75 Å². The topological polar surface area (TPSA) is 59.6 Å². The molecular formula is C15H12BrN3O2. The number of halogens is 1. The molecule has 0 spiro atoms. The molecule has 3 rings (SSSR count). The van der Waals surface area contributed by atoms with Crippen LogP contribution in [0.15, 0.2) is 56.5 Å². The first-order valence-corrected chi connectivity index (χ1v) is 7.04. The number of aromatic nitrogens is 1. The van der Waals surface area contributed by atoms with Crippen molar-refractivity contribution < 1.29 is 9.15 Å². The van der Waals surface area contributed by atoms with Gasteiger partial charge < -0.3 is 9.15 Å². The number of rotatable bonds is 4. The molecule has 1 N–H and O–H groups in total. The van der Waals surface area contributed by atoms with E-state index in [2.05, 4.69) is 31.4 Å². The maximum absolute atomic E-state index is 5.51. The summed E-state index contributed by atoms with van der Waals surface area (Å²) in [6, 6.07) is 13.6. The number of para-hydroxylation sites is 2. The van der Waals surface area contributed by atoms with Crippen molar-refractivity contribution in [3.63, 3.8) is 0 Å². The van der Waals surface area contributed by atoms with Gasteiger partial charge in [-0.3, -0.25) is 0 Å². The summed E-state index contributed by atoms with van der Waals surface area (Å²) in [6.07, 6.45) is 1.65. The second kappa shape index (κ2) is 5.97. The smallest absolute Gasteiger partial charge is 0.316 e. The van der Waals surface area contributed by atoms with E-state index < -0.39 is 0 Å². The highest BCUT2D eigenvalue weighted by Gasteiger charge is 2.04. The quantitative estimate of drug-likeness (QED) is 0.572. The number of nitrogens with one attached hydrogen (secondary N) is 1. The van der Waals surface area contributed by atoms with Gasteiger partial charge in [-0.15, -0.1) is 0 Å². The van der Waals surface area contributed by atoms with E-state index in [1.165, 1.54) is 0 Å². The van der Waals surface area contributed by atoms with Crippen LogP contribution in [-0.2, 0) is 0 Å². The van der Waals surface area contributed by atoms with Crippen LogP contribution in [0.1, 0.15) is 5.56 Å². The molecule has 2 aromatic carbocycles. The van der Waals surface area contributed by atoms with Crippen molar-refractivity contribution in [1.82, 2.24) is 4.98 Å². The van der Waals surface area contributed by atoms with Crippen LogP contribution in [0, 0.1) is 0 Å². The first kappa shape index (κ1) is 13.6. The highest BCUT2D eigenvalue weighted by atomic mass is 79.9. The van der Waals surface area contributed by atoms with E-state index in [0.717, 1.165) is 26.9 Å². The van der Waals surface area contributed by atoms with Gasteiger partial charge in [-0.05, 0) is 30.3 Å². The van der Waals surface area contributed by atoms with Crippen LogP contribution >= 0.6 is 15.9 Å². The monoisotopic (exact) mass is 345 g/mol. The number of anilines is 1. The predicted molar refractivity (Wildman–Crippen MR) is 85.9 cm³/mol. The molecule has 0 aliphatic carbocycles. The van der Waals surface area contributed by atoms with Gasteiger partial charge in [0.05, 0.1) is 13.3 Å². The van der Waals surface area contributed by atoms with Crippen LogP contribution < -0.4 is 10.2 Å². The van der Waals surface area contributed by atoms with E-state index in [1.54, 1.807) is 13.3 Å². The molecule has 0 saturated heterocycles. The standard InChI is InChI=1S/C15H12BrN3O2/c1-20-13-7-6-11(16)8-10(13)9-17-19-15-18-12-4-2-3-5-14(12)21-15/h2-9H,1H3,(H,18,19)/b17-9-. The molecular weight excluding hydrogens is 334 g/mol. The summed E-state index contributed by atoms with van der Waals surface area (Å²) in [4.78, 5) is 4.27. The van der Waals surface area contributed by atoms with Gasteiger partial charge in [-0.25, -0.2) is 5.43 Å². The molecule has 6 heteroatoms. The van der Waals surface area contributed by atoms with Gasteiger partial charge in [0.25, 0.3) is 0 Å². The SMILES string of the molecule is COc1ccc(Br)cc1/C=N\Nc1nc2ccccc2o1. The van der Waals surface area contributed by atoms with E-state index in [4.69, 9.17) is 9.15 Å². The third kappa shape index (κ3) is 3.05. The molecule has 0 fully saturated rings.